The Bertz CT molecular complexity index is 1580. The Balaban J connectivity index is 1.49. The summed E-state index contributed by atoms with van der Waals surface area (Å²) in [6.07, 6.45) is 0.400. The lowest BCUT2D eigenvalue weighted by Gasteiger charge is -2.12. The first kappa shape index (κ1) is 25.9. The number of nitrogens with zero attached hydrogens (tertiary/aromatic N) is 1. The number of carbonyl (C=O) groups excluding carboxylic acids is 1. The van der Waals surface area contributed by atoms with Gasteiger partial charge in [0.15, 0.2) is 0 Å². The maximum absolute atomic E-state index is 12.8. The zero-order valence-corrected chi connectivity index (χ0v) is 21.1. The number of hydrogen-bond donors (Lipinski definition) is 3. The summed E-state index contributed by atoms with van der Waals surface area (Å²) in [5.74, 6) is -1.27. The van der Waals surface area contributed by atoms with Crippen LogP contribution in [0.5, 0.6) is 5.75 Å². The number of fused-ring (bicyclic) bond motifs is 1. The van der Waals surface area contributed by atoms with Crippen LogP contribution in [0.4, 0.5) is 0 Å². The van der Waals surface area contributed by atoms with E-state index >= 15 is 0 Å². The highest BCUT2D eigenvalue weighted by Crippen LogP contribution is 2.31. The van der Waals surface area contributed by atoms with E-state index in [4.69, 9.17) is 5.11 Å². The minimum absolute atomic E-state index is 0.0622. The average Bonchev–Trinajstić information content (AvgIpc) is 2.89. The van der Waals surface area contributed by atoms with Gasteiger partial charge in [-0.2, -0.15) is 0 Å². The van der Waals surface area contributed by atoms with Crippen LogP contribution in [0.15, 0.2) is 83.8 Å². The van der Waals surface area contributed by atoms with E-state index in [1.54, 1.807) is 42.5 Å². The molecule has 0 aromatic heterocycles. The summed E-state index contributed by atoms with van der Waals surface area (Å²) in [6, 6.07) is 21.5. The Morgan fingerprint density at radius 1 is 0.838 bits per heavy atom. The van der Waals surface area contributed by atoms with Crippen molar-refractivity contribution in [1.82, 2.24) is 9.62 Å². The first-order valence-electron chi connectivity index (χ1n) is 11.4. The lowest BCUT2D eigenvalue weighted by Crippen LogP contribution is -2.23. The van der Waals surface area contributed by atoms with E-state index in [1.807, 2.05) is 12.1 Å². The fourth-order valence-electron chi connectivity index (χ4n) is 3.89. The average molecular weight is 519 g/mol. The van der Waals surface area contributed by atoms with Gasteiger partial charge in [0.1, 0.15) is 5.75 Å². The number of carboxylic acids is 1. The normalized spacial score (nSPS) is 11.5. The maximum atomic E-state index is 12.8. The molecule has 0 radical (unpaired) electrons. The number of phenols is 1. The zero-order valence-electron chi connectivity index (χ0n) is 20.3. The quantitative estimate of drug-likeness (QED) is 0.324. The number of aromatic carboxylic acids is 1. The van der Waals surface area contributed by atoms with Gasteiger partial charge in [-0.3, -0.25) is 4.79 Å². The third-order valence-corrected chi connectivity index (χ3v) is 7.92. The zero-order chi connectivity index (χ0) is 26.7. The van der Waals surface area contributed by atoms with Crippen LogP contribution < -0.4 is 5.32 Å². The monoisotopic (exact) mass is 518 g/mol. The van der Waals surface area contributed by atoms with Crippen molar-refractivity contribution in [2.75, 3.05) is 14.1 Å². The number of carboxylic acid groups (broad SMARTS) is 1. The Labute approximate surface area is 214 Å². The molecule has 0 fully saturated rings. The molecule has 0 bridgehead atoms. The molecule has 0 aliphatic rings. The summed E-state index contributed by atoms with van der Waals surface area (Å²) in [6.45, 7) is 0.206. The number of amides is 1. The van der Waals surface area contributed by atoms with Crippen LogP contribution in [0.3, 0.4) is 0 Å². The van der Waals surface area contributed by atoms with Crippen molar-refractivity contribution in [1.29, 1.82) is 0 Å². The number of nitrogens with one attached hydrogen (secondary N) is 1. The summed E-state index contributed by atoms with van der Waals surface area (Å²) in [7, 11) is -0.594. The van der Waals surface area contributed by atoms with E-state index < -0.39 is 16.0 Å². The molecule has 8 nitrogen and oxygen atoms in total. The standard InChI is InChI=1S/C28H26N2O6S/c1-30(2)37(35,36)24-13-5-19(6-14-24)17-29-27(32)23-12-10-20-9-11-22(26(31)25(20)16-23)15-18-3-7-21(8-4-18)28(33)34/h3-14,16,31H,15,17H2,1-2H3,(H,29,32)(H,33,34). The van der Waals surface area contributed by atoms with Gasteiger partial charge >= 0.3 is 5.97 Å². The smallest absolute Gasteiger partial charge is 0.335 e. The molecule has 4 rings (SSSR count). The number of aromatic hydroxyl groups is 1. The second kappa shape index (κ2) is 10.4. The number of carbonyl (C=O) groups is 2. The molecule has 3 N–H and O–H groups in total. The molecule has 190 valence electrons. The summed E-state index contributed by atoms with van der Waals surface area (Å²) in [5, 5.41) is 24.1. The molecule has 0 atom stereocenters. The van der Waals surface area contributed by atoms with Gasteiger partial charge in [-0.05, 0) is 58.5 Å². The van der Waals surface area contributed by atoms with Crippen molar-refractivity contribution >= 4 is 32.7 Å². The second-order valence-electron chi connectivity index (χ2n) is 8.80. The predicted molar refractivity (Wildman–Crippen MR) is 140 cm³/mol. The third-order valence-electron chi connectivity index (χ3n) is 6.09. The molecule has 37 heavy (non-hydrogen) atoms. The van der Waals surface area contributed by atoms with Crippen LogP contribution in [0.25, 0.3) is 10.8 Å². The SMILES string of the molecule is CN(C)S(=O)(=O)c1ccc(CNC(=O)c2ccc3ccc(Cc4ccc(C(=O)O)cc4)c(O)c3c2)cc1. The Kier molecular flexibility index (Phi) is 7.28. The summed E-state index contributed by atoms with van der Waals surface area (Å²) in [4.78, 5) is 24.0. The molecule has 1 amide bonds. The van der Waals surface area contributed by atoms with Crippen LogP contribution in [0, 0.1) is 0 Å². The number of phenolic OH excluding ortho intramolecular Hbond substituents is 1. The van der Waals surface area contributed by atoms with Crippen LogP contribution >= 0.6 is 0 Å². The molecule has 0 saturated carbocycles. The first-order valence-corrected chi connectivity index (χ1v) is 12.9. The van der Waals surface area contributed by atoms with E-state index in [9.17, 15) is 23.1 Å². The topological polar surface area (TPSA) is 124 Å². The van der Waals surface area contributed by atoms with Crippen LogP contribution in [-0.4, -0.2) is 48.9 Å². The first-order chi connectivity index (χ1) is 17.6. The predicted octanol–water partition coefficient (Wildman–Crippen LogP) is 4.01. The van der Waals surface area contributed by atoms with Crippen LogP contribution in [0.1, 0.15) is 37.4 Å². The second-order valence-corrected chi connectivity index (χ2v) is 11.0. The highest BCUT2D eigenvalue weighted by molar-refractivity contribution is 7.89. The Morgan fingerprint density at radius 2 is 1.43 bits per heavy atom. The molecule has 0 unspecified atom stereocenters. The molecule has 4 aromatic carbocycles. The molecule has 0 saturated heterocycles. The van der Waals surface area contributed by atoms with Crippen molar-refractivity contribution < 1.29 is 28.2 Å². The van der Waals surface area contributed by atoms with Crippen molar-refractivity contribution in [3.63, 3.8) is 0 Å². The number of sulfonamides is 1. The van der Waals surface area contributed by atoms with Crippen molar-refractivity contribution in [2.24, 2.45) is 0 Å². The van der Waals surface area contributed by atoms with Gasteiger partial charge in [-0.15, -0.1) is 0 Å². The number of rotatable bonds is 8. The lowest BCUT2D eigenvalue weighted by molar-refractivity contribution is 0.0696. The van der Waals surface area contributed by atoms with E-state index in [-0.39, 0.29) is 28.7 Å². The molecular weight excluding hydrogens is 492 g/mol. The minimum Gasteiger partial charge on any atom is -0.507 e. The van der Waals surface area contributed by atoms with Gasteiger partial charge in [-0.25, -0.2) is 17.5 Å². The molecule has 0 aliphatic carbocycles. The lowest BCUT2D eigenvalue weighted by atomic mass is 9.98. The largest absolute Gasteiger partial charge is 0.507 e. The van der Waals surface area contributed by atoms with Gasteiger partial charge in [0.25, 0.3) is 5.91 Å². The number of benzene rings is 4. The highest BCUT2D eigenvalue weighted by Gasteiger charge is 2.17. The van der Waals surface area contributed by atoms with Crippen LogP contribution in [-0.2, 0) is 23.0 Å². The highest BCUT2D eigenvalue weighted by atomic mass is 32.2. The molecule has 0 spiro atoms. The van der Waals surface area contributed by atoms with E-state index in [2.05, 4.69) is 5.32 Å². The van der Waals surface area contributed by atoms with Gasteiger partial charge < -0.3 is 15.5 Å². The van der Waals surface area contributed by atoms with Crippen molar-refractivity contribution in [2.45, 2.75) is 17.9 Å². The minimum atomic E-state index is -3.52. The van der Waals surface area contributed by atoms with Gasteiger partial charge in [-0.1, -0.05) is 42.5 Å². The van der Waals surface area contributed by atoms with Gasteiger partial charge in [0.2, 0.25) is 10.0 Å². The van der Waals surface area contributed by atoms with Crippen molar-refractivity contribution in [3.05, 3.63) is 107 Å². The summed E-state index contributed by atoms with van der Waals surface area (Å²) >= 11 is 0. The fourth-order valence-corrected chi connectivity index (χ4v) is 4.79. The van der Waals surface area contributed by atoms with Gasteiger partial charge in [0.05, 0.1) is 10.5 Å². The van der Waals surface area contributed by atoms with E-state index in [0.717, 1.165) is 20.8 Å². The van der Waals surface area contributed by atoms with Crippen LogP contribution in [0.2, 0.25) is 0 Å². The maximum Gasteiger partial charge on any atom is 0.335 e. The molecule has 0 heterocycles. The van der Waals surface area contributed by atoms with Gasteiger partial charge in [0, 0.05) is 38.0 Å². The van der Waals surface area contributed by atoms with Crippen molar-refractivity contribution in [3.8, 4) is 5.75 Å². The van der Waals surface area contributed by atoms with E-state index in [1.165, 1.54) is 38.4 Å². The Hall–Kier alpha value is -4.21. The summed E-state index contributed by atoms with van der Waals surface area (Å²) in [5.41, 5.74) is 2.80. The molecule has 9 heteroatoms. The fraction of sp³-hybridized carbons (Fsp3) is 0.143. The molecule has 0 aliphatic heterocycles. The molecule has 4 aromatic rings. The van der Waals surface area contributed by atoms with E-state index in [0.29, 0.717) is 22.9 Å². The summed E-state index contributed by atoms with van der Waals surface area (Å²) < 4.78 is 25.6. The Morgan fingerprint density at radius 3 is 2.05 bits per heavy atom. The third kappa shape index (κ3) is 5.63. The molecular formula is C28H26N2O6S. The number of hydrogen-bond acceptors (Lipinski definition) is 5.